The molecule has 2 bridgehead atoms. The zero-order valence-electron chi connectivity index (χ0n) is 17.4. The molecule has 0 aliphatic carbocycles. The molecule has 3 fully saturated rings. The molecule has 3 saturated heterocycles. The number of fused-ring (bicyclic) bond motifs is 2. The van der Waals surface area contributed by atoms with E-state index in [-0.39, 0.29) is 36.5 Å². The first-order chi connectivity index (χ1) is 11.8. The zero-order valence-corrected chi connectivity index (χ0v) is 17.4. The topological polar surface area (TPSA) is 48.0 Å². The van der Waals surface area contributed by atoms with Crippen LogP contribution in [0, 0.1) is 5.92 Å². The van der Waals surface area contributed by atoms with E-state index in [2.05, 4.69) is 34.3 Å². The molecule has 1 amide bonds. The van der Waals surface area contributed by atoms with Gasteiger partial charge >= 0.3 is 13.2 Å². The van der Waals surface area contributed by atoms with Gasteiger partial charge in [0, 0.05) is 12.1 Å². The van der Waals surface area contributed by atoms with Gasteiger partial charge in [-0.1, -0.05) is 0 Å². The van der Waals surface area contributed by atoms with Gasteiger partial charge in [-0.25, -0.2) is 4.79 Å². The first-order valence-electron chi connectivity index (χ1n) is 9.86. The molecule has 0 aromatic heterocycles. The van der Waals surface area contributed by atoms with Crippen LogP contribution < -0.4 is 0 Å². The Hall–Kier alpha value is -1.01. The Kier molecular flexibility index (Phi) is 4.76. The van der Waals surface area contributed by atoms with Crippen molar-refractivity contribution in [2.45, 2.75) is 103 Å². The third-order valence-electron chi connectivity index (χ3n) is 6.42. The average molecular weight is 363 g/mol. The predicted octanol–water partition coefficient (Wildman–Crippen LogP) is 4.35. The van der Waals surface area contributed by atoms with Gasteiger partial charge in [-0.2, -0.15) is 0 Å². The van der Waals surface area contributed by atoms with Gasteiger partial charge in [-0.05, 0) is 85.5 Å². The van der Waals surface area contributed by atoms with Crippen LogP contribution in [0.3, 0.4) is 0 Å². The Labute approximate surface area is 158 Å². The molecular formula is C20H34BNO4. The minimum atomic E-state index is -0.459. The van der Waals surface area contributed by atoms with Crippen molar-refractivity contribution in [1.29, 1.82) is 0 Å². The van der Waals surface area contributed by atoms with Crippen LogP contribution in [0.5, 0.6) is 0 Å². The van der Waals surface area contributed by atoms with Gasteiger partial charge in [0.05, 0.1) is 11.2 Å². The third kappa shape index (κ3) is 3.55. The van der Waals surface area contributed by atoms with Crippen LogP contribution >= 0.6 is 0 Å². The molecule has 26 heavy (non-hydrogen) atoms. The SMILES string of the molecule is C=C(B1OC(C)(C)C(C)(C)O1)C1CC2CC[C@@H](C1)N2C(=O)OC(C)(C)C. The Morgan fingerprint density at radius 2 is 1.54 bits per heavy atom. The molecule has 0 N–H and O–H groups in total. The van der Waals surface area contributed by atoms with Gasteiger partial charge in [0.25, 0.3) is 0 Å². The van der Waals surface area contributed by atoms with Crippen molar-refractivity contribution in [2.75, 3.05) is 0 Å². The molecule has 3 heterocycles. The van der Waals surface area contributed by atoms with Crippen molar-refractivity contribution in [3.8, 4) is 0 Å². The van der Waals surface area contributed by atoms with Crippen LogP contribution in [0.2, 0.25) is 0 Å². The molecular weight excluding hydrogens is 329 g/mol. The molecule has 3 aliphatic heterocycles. The highest BCUT2D eigenvalue weighted by Gasteiger charge is 2.54. The maximum Gasteiger partial charge on any atom is 0.490 e. The fourth-order valence-corrected chi connectivity index (χ4v) is 4.28. The molecule has 3 aliphatic rings. The van der Waals surface area contributed by atoms with Crippen LogP contribution in [-0.4, -0.2) is 47.0 Å². The third-order valence-corrected chi connectivity index (χ3v) is 6.42. The zero-order chi connectivity index (χ0) is 19.5. The molecule has 0 aromatic rings. The van der Waals surface area contributed by atoms with E-state index in [1.807, 2.05) is 25.7 Å². The van der Waals surface area contributed by atoms with Gasteiger partial charge in [-0.3, -0.25) is 0 Å². The summed E-state index contributed by atoms with van der Waals surface area (Å²) in [6.45, 7) is 18.3. The fourth-order valence-electron chi connectivity index (χ4n) is 4.28. The Morgan fingerprint density at radius 1 is 1.08 bits per heavy atom. The highest BCUT2D eigenvalue weighted by atomic mass is 16.7. The number of ether oxygens (including phenoxy) is 1. The fraction of sp³-hybridized carbons (Fsp3) is 0.850. The van der Waals surface area contributed by atoms with E-state index >= 15 is 0 Å². The Balaban J connectivity index is 1.66. The number of allylic oxidation sites excluding steroid dienone is 1. The molecule has 0 saturated carbocycles. The lowest BCUT2D eigenvalue weighted by molar-refractivity contribution is 0.00416. The molecule has 3 atom stereocenters. The van der Waals surface area contributed by atoms with Gasteiger partial charge in [0.2, 0.25) is 0 Å². The quantitative estimate of drug-likeness (QED) is 0.685. The maximum absolute atomic E-state index is 12.6. The van der Waals surface area contributed by atoms with Crippen LogP contribution in [0.25, 0.3) is 0 Å². The summed E-state index contributed by atoms with van der Waals surface area (Å²) >= 11 is 0. The summed E-state index contributed by atoms with van der Waals surface area (Å²) in [5.74, 6) is 0.320. The van der Waals surface area contributed by atoms with E-state index in [0.29, 0.717) is 5.92 Å². The second-order valence-corrected chi connectivity index (χ2v) is 10.1. The minimum Gasteiger partial charge on any atom is -0.444 e. The maximum atomic E-state index is 12.6. The summed E-state index contributed by atoms with van der Waals surface area (Å²) in [7, 11) is -0.363. The summed E-state index contributed by atoms with van der Waals surface area (Å²) < 4.78 is 18.0. The van der Waals surface area contributed by atoms with Crippen molar-refractivity contribution in [2.24, 2.45) is 5.92 Å². The summed E-state index contributed by atoms with van der Waals surface area (Å²) in [5.41, 5.74) is -0.141. The molecule has 6 heteroatoms. The summed E-state index contributed by atoms with van der Waals surface area (Å²) in [5, 5.41) is 0. The predicted molar refractivity (Wildman–Crippen MR) is 103 cm³/mol. The second kappa shape index (κ2) is 6.27. The number of amides is 1. The van der Waals surface area contributed by atoms with E-state index in [1.54, 1.807) is 0 Å². The van der Waals surface area contributed by atoms with Gasteiger partial charge in [0.1, 0.15) is 5.60 Å². The minimum absolute atomic E-state index is 0.176. The van der Waals surface area contributed by atoms with Crippen molar-refractivity contribution < 1.29 is 18.8 Å². The van der Waals surface area contributed by atoms with Crippen LogP contribution in [-0.2, 0) is 14.0 Å². The second-order valence-electron chi connectivity index (χ2n) is 10.1. The van der Waals surface area contributed by atoms with Crippen molar-refractivity contribution in [3.63, 3.8) is 0 Å². The Bertz CT molecular complexity index is 565. The largest absolute Gasteiger partial charge is 0.490 e. The highest BCUT2D eigenvalue weighted by Crippen LogP contribution is 2.45. The van der Waals surface area contributed by atoms with Crippen molar-refractivity contribution in [1.82, 2.24) is 4.90 Å². The van der Waals surface area contributed by atoms with Crippen molar-refractivity contribution in [3.05, 3.63) is 12.1 Å². The first-order valence-corrected chi connectivity index (χ1v) is 9.86. The Morgan fingerprint density at radius 3 is 1.96 bits per heavy atom. The van der Waals surface area contributed by atoms with Crippen LogP contribution in [0.15, 0.2) is 12.1 Å². The lowest BCUT2D eigenvalue weighted by Crippen LogP contribution is -2.49. The standard InChI is InChI=1S/C20H34BNO4/c1-13(21-25-19(5,6)20(7,8)26-21)14-11-15-9-10-16(12-14)22(15)17(23)24-18(2,3)4/h14-16H,1,9-12H2,2-8H3/t14?,15-,16?/m0/s1. The van der Waals surface area contributed by atoms with E-state index in [0.717, 1.165) is 31.2 Å². The lowest BCUT2D eigenvalue weighted by atomic mass is 9.68. The normalized spacial score (nSPS) is 32.7. The van der Waals surface area contributed by atoms with Gasteiger partial charge in [0.15, 0.2) is 0 Å². The number of hydrogen-bond donors (Lipinski definition) is 0. The van der Waals surface area contributed by atoms with Crippen molar-refractivity contribution >= 4 is 13.2 Å². The van der Waals surface area contributed by atoms with Crippen LogP contribution in [0.1, 0.15) is 74.1 Å². The molecule has 0 aromatic carbocycles. The number of carbonyl (C=O) groups excluding carboxylic acids is 1. The molecule has 146 valence electrons. The number of hydrogen-bond acceptors (Lipinski definition) is 4. The molecule has 2 unspecified atom stereocenters. The van der Waals surface area contributed by atoms with E-state index in [9.17, 15) is 4.79 Å². The monoisotopic (exact) mass is 363 g/mol. The summed E-state index contributed by atoms with van der Waals surface area (Å²) in [6, 6.07) is 0.459. The molecule has 0 spiro atoms. The molecule has 5 nitrogen and oxygen atoms in total. The lowest BCUT2D eigenvalue weighted by Gasteiger charge is -2.40. The van der Waals surface area contributed by atoms with Gasteiger partial charge < -0.3 is 18.9 Å². The molecule has 0 radical (unpaired) electrons. The number of rotatable bonds is 2. The number of nitrogens with zero attached hydrogens (tertiary/aromatic N) is 1. The molecule has 3 rings (SSSR count). The van der Waals surface area contributed by atoms with Crippen LogP contribution in [0.4, 0.5) is 4.79 Å². The summed E-state index contributed by atoms with van der Waals surface area (Å²) in [6.07, 6.45) is 3.73. The number of carbonyl (C=O) groups is 1. The van der Waals surface area contributed by atoms with E-state index in [4.69, 9.17) is 14.0 Å². The highest BCUT2D eigenvalue weighted by molar-refractivity contribution is 6.54. The average Bonchev–Trinajstić information content (AvgIpc) is 2.86. The number of piperidine rings is 1. The smallest absolute Gasteiger partial charge is 0.444 e. The van der Waals surface area contributed by atoms with E-state index < -0.39 is 5.60 Å². The first kappa shape index (κ1) is 19.7. The van der Waals surface area contributed by atoms with E-state index in [1.165, 1.54) is 0 Å². The summed E-state index contributed by atoms with van der Waals surface area (Å²) in [4.78, 5) is 14.6. The van der Waals surface area contributed by atoms with Gasteiger partial charge in [-0.15, -0.1) is 6.58 Å².